The maximum atomic E-state index is 13.0. The van der Waals surface area contributed by atoms with Crippen LogP contribution in [-0.4, -0.2) is 25.2 Å². The van der Waals surface area contributed by atoms with Gasteiger partial charge in [0.25, 0.3) is 5.91 Å². The molecule has 0 unspecified atom stereocenters. The predicted molar refractivity (Wildman–Crippen MR) is 99.6 cm³/mol. The number of nitrogens with one attached hydrogen (secondary N) is 1. The molecule has 1 N–H and O–H groups in total. The highest BCUT2D eigenvalue weighted by atomic mass is 16.5. The average Bonchev–Trinajstić information content (AvgIpc) is 2.54. The van der Waals surface area contributed by atoms with Crippen LogP contribution in [0.25, 0.3) is 0 Å². The largest absolute Gasteiger partial charge is 0.494 e. The SMILES string of the molecule is CCOc1ccc(NC(=O)C(CC(C)C)(CC(C)C)OC)c(C#N)c1. The second-order valence-corrected chi connectivity index (χ2v) is 7.10. The Hall–Kier alpha value is -2.06. The second-order valence-electron chi connectivity index (χ2n) is 7.10. The molecule has 0 fully saturated rings. The molecular formula is C20H30N2O3. The highest BCUT2D eigenvalue weighted by molar-refractivity contribution is 5.98. The zero-order valence-electron chi connectivity index (χ0n) is 16.2. The molecule has 0 saturated carbocycles. The molecule has 0 saturated heterocycles. The van der Waals surface area contributed by atoms with Crippen molar-refractivity contribution in [2.45, 2.75) is 53.1 Å². The van der Waals surface area contributed by atoms with Gasteiger partial charge in [0.05, 0.1) is 17.9 Å². The molecule has 5 nitrogen and oxygen atoms in total. The number of rotatable bonds is 9. The molecule has 1 aromatic rings. The number of anilines is 1. The van der Waals surface area contributed by atoms with E-state index in [2.05, 4.69) is 39.1 Å². The van der Waals surface area contributed by atoms with Gasteiger partial charge in [0.15, 0.2) is 0 Å². The number of benzene rings is 1. The Bertz CT molecular complexity index is 608. The van der Waals surface area contributed by atoms with E-state index < -0.39 is 5.60 Å². The standard InChI is InChI=1S/C20H30N2O3/c1-7-25-17-8-9-18(16(10-17)13-21)22-19(23)20(24-6,11-14(2)3)12-15(4)5/h8-10,14-15H,7,11-12H2,1-6H3,(H,22,23). The van der Waals surface area contributed by atoms with Crippen LogP contribution in [-0.2, 0) is 9.53 Å². The molecule has 138 valence electrons. The zero-order valence-corrected chi connectivity index (χ0v) is 16.2. The monoisotopic (exact) mass is 346 g/mol. The van der Waals surface area contributed by atoms with Crippen molar-refractivity contribution in [1.82, 2.24) is 0 Å². The molecule has 5 heteroatoms. The van der Waals surface area contributed by atoms with Gasteiger partial charge in [-0.3, -0.25) is 4.79 Å². The number of carbonyl (C=O) groups excluding carboxylic acids is 1. The van der Waals surface area contributed by atoms with Crippen molar-refractivity contribution >= 4 is 11.6 Å². The summed E-state index contributed by atoms with van der Waals surface area (Å²) in [5.41, 5.74) is -0.0588. The van der Waals surface area contributed by atoms with Gasteiger partial charge in [0.1, 0.15) is 17.4 Å². The molecule has 0 atom stereocenters. The van der Waals surface area contributed by atoms with Gasteiger partial charge < -0.3 is 14.8 Å². The van der Waals surface area contributed by atoms with Crippen LogP contribution in [0.1, 0.15) is 53.0 Å². The maximum Gasteiger partial charge on any atom is 0.256 e. The van der Waals surface area contributed by atoms with E-state index in [-0.39, 0.29) is 5.91 Å². The third-order valence-electron chi connectivity index (χ3n) is 3.95. The fraction of sp³-hybridized carbons (Fsp3) is 0.600. The van der Waals surface area contributed by atoms with Gasteiger partial charge >= 0.3 is 0 Å². The van der Waals surface area contributed by atoms with Crippen molar-refractivity contribution in [3.63, 3.8) is 0 Å². The minimum atomic E-state index is -0.909. The topological polar surface area (TPSA) is 71.3 Å². The molecule has 0 spiro atoms. The number of carbonyl (C=O) groups is 1. The van der Waals surface area contributed by atoms with Crippen LogP contribution in [0.2, 0.25) is 0 Å². The van der Waals surface area contributed by atoms with E-state index >= 15 is 0 Å². The number of hydrogen-bond acceptors (Lipinski definition) is 4. The number of nitriles is 1. The van der Waals surface area contributed by atoms with Crippen LogP contribution in [0.3, 0.4) is 0 Å². The summed E-state index contributed by atoms with van der Waals surface area (Å²) in [6.07, 6.45) is 1.23. The van der Waals surface area contributed by atoms with Crippen LogP contribution in [0.5, 0.6) is 5.75 Å². The van der Waals surface area contributed by atoms with Crippen LogP contribution in [0.4, 0.5) is 5.69 Å². The molecule has 0 aliphatic carbocycles. The molecule has 0 radical (unpaired) electrons. The summed E-state index contributed by atoms with van der Waals surface area (Å²) in [6, 6.07) is 7.20. The quantitative estimate of drug-likeness (QED) is 0.720. The van der Waals surface area contributed by atoms with Crippen LogP contribution in [0, 0.1) is 23.2 Å². The number of hydrogen-bond donors (Lipinski definition) is 1. The summed E-state index contributed by atoms with van der Waals surface area (Å²) in [6.45, 7) is 10.7. The van der Waals surface area contributed by atoms with Crippen molar-refractivity contribution in [3.8, 4) is 11.8 Å². The highest BCUT2D eigenvalue weighted by Gasteiger charge is 2.40. The Morgan fingerprint density at radius 2 is 1.84 bits per heavy atom. The Morgan fingerprint density at radius 1 is 1.24 bits per heavy atom. The summed E-state index contributed by atoms with van der Waals surface area (Å²) in [4.78, 5) is 13.0. The van der Waals surface area contributed by atoms with Gasteiger partial charge in [-0.25, -0.2) is 0 Å². The molecule has 1 aromatic carbocycles. The minimum absolute atomic E-state index is 0.210. The van der Waals surface area contributed by atoms with Crippen LogP contribution >= 0.6 is 0 Å². The summed E-state index contributed by atoms with van der Waals surface area (Å²) < 4.78 is 11.1. The molecule has 0 aliphatic heterocycles. The highest BCUT2D eigenvalue weighted by Crippen LogP contribution is 2.31. The first-order chi connectivity index (χ1) is 11.8. The lowest BCUT2D eigenvalue weighted by Gasteiger charge is -2.34. The molecule has 0 heterocycles. The maximum absolute atomic E-state index is 13.0. The van der Waals surface area contributed by atoms with Gasteiger partial charge in [0.2, 0.25) is 0 Å². The summed E-state index contributed by atoms with van der Waals surface area (Å²) in [5, 5.41) is 12.3. The third kappa shape index (κ3) is 5.75. The molecule has 1 rings (SSSR count). The van der Waals surface area contributed by atoms with E-state index in [4.69, 9.17) is 9.47 Å². The normalized spacial score (nSPS) is 11.5. The lowest BCUT2D eigenvalue weighted by Crippen LogP contribution is -2.47. The number of amides is 1. The van der Waals surface area contributed by atoms with Gasteiger partial charge in [-0.2, -0.15) is 5.26 Å². The zero-order chi connectivity index (χ0) is 19.0. The lowest BCUT2D eigenvalue weighted by atomic mass is 9.84. The molecule has 0 aromatic heterocycles. The van der Waals surface area contributed by atoms with Crippen molar-refractivity contribution < 1.29 is 14.3 Å². The first-order valence-corrected chi connectivity index (χ1v) is 8.81. The number of ether oxygens (including phenoxy) is 2. The van der Waals surface area contributed by atoms with E-state index in [9.17, 15) is 10.1 Å². The summed E-state index contributed by atoms with van der Waals surface area (Å²) in [5.74, 6) is 1.01. The minimum Gasteiger partial charge on any atom is -0.494 e. The Morgan fingerprint density at radius 3 is 2.28 bits per heavy atom. The van der Waals surface area contributed by atoms with E-state index in [1.807, 2.05) is 6.92 Å². The second kappa shape index (κ2) is 9.43. The van der Waals surface area contributed by atoms with E-state index in [1.54, 1.807) is 25.3 Å². The Balaban J connectivity index is 3.13. The Kier molecular flexibility index (Phi) is 7.92. The van der Waals surface area contributed by atoms with E-state index in [0.717, 1.165) is 0 Å². The molecule has 0 bridgehead atoms. The number of methoxy groups -OCH3 is 1. The third-order valence-corrected chi connectivity index (χ3v) is 3.95. The molecule has 1 amide bonds. The summed E-state index contributed by atoms with van der Waals surface area (Å²) in [7, 11) is 1.58. The Labute approximate surface area is 151 Å². The molecule has 0 aliphatic rings. The van der Waals surface area contributed by atoms with Crippen LogP contribution in [0.15, 0.2) is 18.2 Å². The smallest absolute Gasteiger partial charge is 0.256 e. The fourth-order valence-corrected chi connectivity index (χ4v) is 3.06. The van der Waals surface area contributed by atoms with Gasteiger partial charge in [-0.05, 0) is 49.8 Å². The first-order valence-electron chi connectivity index (χ1n) is 8.81. The van der Waals surface area contributed by atoms with Crippen molar-refractivity contribution in [2.24, 2.45) is 11.8 Å². The molecular weight excluding hydrogens is 316 g/mol. The van der Waals surface area contributed by atoms with E-state index in [1.165, 1.54) is 0 Å². The summed E-state index contributed by atoms with van der Waals surface area (Å²) >= 11 is 0. The van der Waals surface area contributed by atoms with Gasteiger partial charge in [-0.1, -0.05) is 27.7 Å². The van der Waals surface area contributed by atoms with Gasteiger partial charge in [0, 0.05) is 7.11 Å². The first kappa shape index (κ1) is 21.0. The molecule has 25 heavy (non-hydrogen) atoms. The number of nitrogens with zero attached hydrogens (tertiary/aromatic N) is 1. The predicted octanol–water partition coefficient (Wildman–Crippen LogP) is 4.37. The van der Waals surface area contributed by atoms with Crippen molar-refractivity contribution in [1.29, 1.82) is 5.26 Å². The fourth-order valence-electron chi connectivity index (χ4n) is 3.06. The average molecular weight is 346 g/mol. The van der Waals surface area contributed by atoms with Crippen LogP contribution < -0.4 is 10.1 Å². The van der Waals surface area contributed by atoms with Crippen molar-refractivity contribution in [2.75, 3.05) is 19.0 Å². The van der Waals surface area contributed by atoms with Gasteiger partial charge in [-0.15, -0.1) is 0 Å². The van der Waals surface area contributed by atoms with Crippen molar-refractivity contribution in [3.05, 3.63) is 23.8 Å². The lowest BCUT2D eigenvalue weighted by molar-refractivity contribution is -0.142. The van der Waals surface area contributed by atoms with E-state index in [0.29, 0.717) is 48.3 Å².